The summed E-state index contributed by atoms with van der Waals surface area (Å²) >= 11 is 3.46. The summed E-state index contributed by atoms with van der Waals surface area (Å²) in [4.78, 5) is 4.32. The molecule has 0 aliphatic heterocycles. The Kier molecular flexibility index (Phi) is 4.80. The summed E-state index contributed by atoms with van der Waals surface area (Å²) in [7, 11) is 0. The fourth-order valence-electron chi connectivity index (χ4n) is 1.77. The molecule has 19 heavy (non-hydrogen) atoms. The molecule has 0 aliphatic carbocycles. The standard InChI is InChI=1S/C15H17BrN2O/c1-3-17-15-12(5-4-8-18-15)10-19-14-9-13(16)7-6-11(14)2/h4-9H,3,10H2,1-2H3,(H,17,18). The van der Waals surface area contributed by atoms with E-state index in [-0.39, 0.29) is 0 Å². The number of benzene rings is 1. The second-order valence-electron chi connectivity index (χ2n) is 4.24. The quantitative estimate of drug-likeness (QED) is 0.898. The lowest BCUT2D eigenvalue weighted by Gasteiger charge is -2.12. The van der Waals surface area contributed by atoms with Gasteiger partial charge in [-0.25, -0.2) is 4.98 Å². The van der Waals surface area contributed by atoms with Crippen LogP contribution in [0, 0.1) is 6.92 Å². The highest BCUT2D eigenvalue weighted by Crippen LogP contribution is 2.24. The van der Waals surface area contributed by atoms with Crippen LogP contribution in [0.25, 0.3) is 0 Å². The summed E-state index contributed by atoms with van der Waals surface area (Å²) in [5, 5.41) is 3.24. The van der Waals surface area contributed by atoms with Crippen LogP contribution in [-0.4, -0.2) is 11.5 Å². The predicted molar refractivity (Wildman–Crippen MR) is 81.6 cm³/mol. The maximum absolute atomic E-state index is 5.88. The Morgan fingerprint density at radius 1 is 1.32 bits per heavy atom. The van der Waals surface area contributed by atoms with Crippen LogP contribution in [0.5, 0.6) is 5.75 Å². The van der Waals surface area contributed by atoms with E-state index in [1.54, 1.807) is 6.20 Å². The number of halogens is 1. The van der Waals surface area contributed by atoms with E-state index < -0.39 is 0 Å². The number of pyridine rings is 1. The van der Waals surface area contributed by atoms with Gasteiger partial charge in [-0.1, -0.05) is 28.1 Å². The van der Waals surface area contributed by atoms with Crippen LogP contribution in [0.15, 0.2) is 41.0 Å². The Labute approximate surface area is 122 Å². The van der Waals surface area contributed by atoms with Crippen LogP contribution in [0.2, 0.25) is 0 Å². The number of hydrogen-bond acceptors (Lipinski definition) is 3. The molecule has 0 amide bonds. The lowest BCUT2D eigenvalue weighted by Crippen LogP contribution is -2.06. The third-order valence-corrected chi connectivity index (χ3v) is 3.26. The SMILES string of the molecule is CCNc1ncccc1COc1cc(Br)ccc1C. The number of rotatable bonds is 5. The summed E-state index contributed by atoms with van der Waals surface area (Å²) in [6, 6.07) is 9.98. The van der Waals surface area contributed by atoms with Crippen molar-refractivity contribution in [3.05, 3.63) is 52.1 Å². The van der Waals surface area contributed by atoms with E-state index in [1.807, 2.05) is 37.3 Å². The average Bonchev–Trinajstić information content (AvgIpc) is 2.42. The van der Waals surface area contributed by atoms with Crippen molar-refractivity contribution in [2.24, 2.45) is 0 Å². The van der Waals surface area contributed by atoms with Gasteiger partial charge in [0.1, 0.15) is 18.2 Å². The van der Waals surface area contributed by atoms with Gasteiger partial charge in [0.05, 0.1) is 0 Å². The molecule has 1 aromatic heterocycles. The van der Waals surface area contributed by atoms with Gasteiger partial charge in [0.15, 0.2) is 0 Å². The van der Waals surface area contributed by atoms with Gasteiger partial charge in [-0.15, -0.1) is 0 Å². The first kappa shape index (κ1) is 13.9. The molecule has 2 aromatic rings. The van der Waals surface area contributed by atoms with E-state index in [0.29, 0.717) is 6.61 Å². The molecule has 1 N–H and O–H groups in total. The number of hydrogen-bond donors (Lipinski definition) is 1. The number of aromatic nitrogens is 1. The molecule has 0 atom stereocenters. The van der Waals surface area contributed by atoms with Crippen molar-refractivity contribution in [1.29, 1.82) is 0 Å². The fraction of sp³-hybridized carbons (Fsp3) is 0.267. The van der Waals surface area contributed by atoms with E-state index in [4.69, 9.17) is 4.74 Å². The van der Waals surface area contributed by atoms with Crippen LogP contribution >= 0.6 is 15.9 Å². The van der Waals surface area contributed by atoms with Gasteiger partial charge in [0.25, 0.3) is 0 Å². The molecule has 0 radical (unpaired) electrons. The van der Waals surface area contributed by atoms with Crippen molar-refractivity contribution in [3.63, 3.8) is 0 Å². The minimum Gasteiger partial charge on any atom is -0.488 e. The van der Waals surface area contributed by atoms with Crippen molar-refractivity contribution in [1.82, 2.24) is 4.98 Å². The summed E-state index contributed by atoms with van der Waals surface area (Å²) in [6.45, 7) is 5.45. The zero-order valence-corrected chi connectivity index (χ0v) is 12.7. The molecule has 3 nitrogen and oxygen atoms in total. The van der Waals surface area contributed by atoms with Crippen molar-refractivity contribution in [2.45, 2.75) is 20.5 Å². The van der Waals surface area contributed by atoms with Gasteiger partial charge in [0, 0.05) is 22.8 Å². The van der Waals surface area contributed by atoms with Gasteiger partial charge in [0.2, 0.25) is 0 Å². The molecule has 0 fully saturated rings. The zero-order chi connectivity index (χ0) is 13.7. The van der Waals surface area contributed by atoms with Gasteiger partial charge in [-0.3, -0.25) is 0 Å². The first-order valence-corrected chi connectivity index (χ1v) is 7.06. The maximum Gasteiger partial charge on any atom is 0.132 e. The first-order valence-electron chi connectivity index (χ1n) is 6.27. The smallest absolute Gasteiger partial charge is 0.132 e. The first-order chi connectivity index (χ1) is 9.20. The molecule has 1 heterocycles. The number of anilines is 1. The number of nitrogens with one attached hydrogen (secondary N) is 1. The monoisotopic (exact) mass is 320 g/mol. The Morgan fingerprint density at radius 2 is 2.16 bits per heavy atom. The van der Waals surface area contributed by atoms with E-state index in [1.165, 1.54) is 0 Å². The second-order valence-corrected chi connectivity index (χ2v) is 5.16. The van der Waals surface area contributed by atoms with E-state index in [2.05, 4.69) is 33.2 Å². The lowest BCUT2D eigenvalue weighted by molar-refractivity contribution is 0.304. The van der Waals surface area contributed by atoms with Crippen molar-refractivity contribution < 1.29 is 4.74 Å². The van der Waals surface area contributed by atoms with Crippen LogP contribution in [-0.2, 0) is 6.61 Å². The lowest BCUT2D eigenvalue weighted by atomic mass is 10.2. The van der Waals surface area contributed by atoms with E-state index in [9.17, 15) is 0 Å². The van der Waals surface area contributed by atoms with Crippen molar-refractivity contribution >= 4 is 21.7 Å². The van der Waals surface area contributed by atoms with Gasteiger partial charge >= 0.3 is 0 Å². The molecular weight excluding hydrogens is 304 g/mol. The fourth-order valence-corrected chi connectivity index (χ4v) is 2.11. The van der Waals surface area contributed by atoms with Gasteiger partial charge < -0.3 is 10.1 Å². The minimum atomic E-state index is 0.507. The molecule has 0 unspecified atom stereocenters. The molecule has 0 saturated heterocycles. The molecule has 2 rings (SSSR count). The third kappa shape index (κ3) is 3.70. The van der Waals surface area contributed by atoms with Crippen LogP contribution in [0.3, 0.4) is 0 Å². The highest BCUT2D eigenvalue weighted by molar-refractivity contribution is 9.10. The molecule has 0 saturated carbocycles. The molecule has 1 aromatic carbocycles. The van der Waals surface area contributed by atoms with Crippen molar-refractivity contribution in [2.75, 3.05) is 11.9 Å². The molecule has 0 aliphatic rings. The third-order valence-electron chi connectivity index (χ3n) is 2.77. The highest BCUT2D eigenvalue weighted by Gasteiger charge is 2.05. The maximum atomic E-state index is 5.88. The molecular formula is C15H17BrN2O. The average molecular weight is 321 g/mol. The van der Waals surface area contributed by atoms with Crippen LogP contribution in [0.4, 0.5) is 5.82 Å². The molecule has 0 bridgehead atoms. The van der Waals surface area contributed by atoms with Crippen LogP contribution < -0.4 is 10.1 Å². The Bertz CT molecular complexity index is 558. The number of ether oxygens (including phenoxy) is 1. The normalized spacial score (nSPS) is 10.3. The summed E-state index contributed by atoms with van der Waals surface area (Å²) in [6.07, 6.45) is 1.78. The molecule has 4 heteroatoms. The summed E-state index contributed by atoms with van der Waals surface area (Å²) in [5.41, 5.74) is 2.18. The largest absolute Gasteiger partial charge is 0.488 e. The van der Waals surface area contributed by atoms with Gasteiger partial charge in [-0.05, 0) is 37.6 Å². The number of nitrogens with zero attached hydrogens (tertiary/aromatic N) is 1. The molecule has 0 spiro atoms. The van der Waals surface area contributed by atoms with Crippen molar-refractivity contribution in [3.8, 4) is 5.75 Å². The topological polar surface area (TPSA) is 34.2 Å². The molecule has 100 valence electrons. The second kappa shape index (κ2) is 6.57. The minimum absolute atomic E-state index is 0.507. The number of aryl methyl sites for hydroxylation is 1. The van der Waals surface area contributed by atoms with Crippen LogP contribution in [0.1, 0.15) is 18.1 Å². The van der Waals surface area contributed by atoms with E-state index >= 15 is 0 Å². The zero-order valence-electron chi connectivity index (χ0n) is 11.1. The Balaban J connectivity index is 2.12. The Morgan fingerprint density at radius 3 is 2.95 bits per heavy atom. The summed E-state index contributed by atoms with van der Waals surface area (Å²) < 4.78 is 6.90. The van der Waals surface area contributed by atoms with Gasteiger partial charge in [-0.2, -0.15) is 0 Å². The highest BCUT2D eigenvalue weighted by atomic mass is 79.9. The Hall–Kier alpha value is -1.55. The predicted octanol–water partition coefficient (Wildman–Crippen LogP) is 4.16. The van der Waals surface area contributed by atoms with E-state index in [0.717, 1.165) is 33.7 Å². The summed E-state index contributed by atoms with van der Waals surface area (Å²) in [5.74, 6) is 1.78.